The molecule has 1 saturated carbocycles. The topological polar surface area (TPSA) is 73.8 Å². The maximum atomic E-state index is 11.7. The molecule has 2 heterocycles. The molecule has 0 saturated heterocycles. The summed E-state index contributed by atoms with van der Waals surface area (Å²) in [5.74, 6) is 2.12. The Hall–Kier alpha value is -2.17. The normalized spacial score (nSPS) is 14.8. The molecular formula is C12H12N4O. The second-order valence-corrected chi connectivity index (χ2v) is 4.19. The molecule has 5 heteroatoms. The molecule has 0 radical (unpaired) electrons. The summed E-state index contributed by atoms with van der Waals surface area (Å²) in [5, 5.41) is 0. The number of rotatable bonds is 2. The van der Waals surface area contributed by atoms with E-state index in [0.717, 1.165) is 18.7 Å². The van der Waals surface area contributed by atoms with Crippen LogP contribution in [0, 0.1) is 0 Å². The standard InChI is InChI=1S/C12H12N4O/c13-9-7-10(15-12(14-9)8-4-5-8)16-6-2-1-3-11(16)17/h1-3,6-8H,4-5H2,(H2,13,14,15). The number of nitrogen functional groups attached to an aromatic ring is 1. The van der Waals surface area contributed by atoms with Gasteiger partial charge in [0.15, 0.2) is 0 Å². The Morgan fingerprint density at radius 2 is 2.12 bits per heavy atom. The predicted octanol–water partition coefficient (Wildman–Crippen LogP) is 1.09. The van der Waals surface area contributed by atoms with Crippen molar-refractivity contribution in [3.63, 3.8) is 0 Å². The molecule has 2 aromatic rings. The van der Waals surface area contributed by atoms with Crippen LogP contribution in [0.4, 0.5) is 5.82 Å². The maximum absolute atomic E-state index is 11.7. The van der Waals surface area contributed by atoms with Crippen LogP contribution >= 0.6 is 0 Å². The van der Waals surface area contributed by atoms with E-state index in [1.54, 1.807) is 24.4 Å². The molecule has 0 aromatic carbocycles. The molecule has 2 aromatic heterocycles. The van der Waals surface area contributed by atoms with Gasteiger partial charge in [0.05, 0.1) is 0 Å². The average Bonchev–Trinajstić information content (AvgIpc) is 3.12. The molecule has 0 amide bonds. The van der Waals surface area contributed by atoms with Gasteiger partial charge < -0.3 is 5.73 Å². The van der Waals surface area contributed by atoms with Gasteiger partial charge in [-0.25, -0.2) is 9.97 Å². The van der Waals surface area contributed by atoms with E-state index in [9.17, 15) is 4.79 Å². The molecule has 0 unspecified atom stereocenters. The van der Waals surface area contributed by atoms with E-state index in [4.69, 9.17) is 5.73 Å². The SMILES string of the molecule is Nc1cc(-n2ccccc2=O)nc(C2CC2)n1. The van der Waals surface area contributed by atoms with Gasteiger partial charge in [0.1, 0.15) is 17.5 Å². The number of aromatic nitrogens is 3. The van der Waals surface area contributed by atoms with Crippen molar-refractivity contribution in [1.82, 2.24) is 14.5 Å². The lowest BCUT2D eigenvalue weighted by atomic mass is 10.3. The summed E-state index contributed by atoms with van der Waals surface area (Å²) in [6.07, 6.45) is 3.89. The van der Waals surface area contributed by atoms with Gasteiger partial charge in [-0.2, -0.15) is 0 Å². The summed E-state index contributed by atoms with van der Waals surface area (Å²) >= 11 is 0. The third-order valence-electron chi connectivity index (χ3n) is 2.76. The Balaban J connectivity index is 2.14. The number of pyridine rings is 1. The van der Waals surface area contributed by atoms with Crippen LogP contribution in [0.1, 0.15) is 24.6 Å². The second-order valence-electron chi connectivity index (χ2n) is 4.19. The third-order valence-corrected chi connectivity index (χ3v) is 2.76. The van der Waals surface area contributed by atoms with E-state index >= 15 is 0 Å². The van der Waals surface area contributed by atoms with Crippen LogP contribution in [0.5, 0.6) is 0 Å². The van der Waals surface area contributed by atoms with Gasteiger partial charge in [-0.05, 0) is 18.9 Å². The largest absolute Gasteiger partial charge is 0.384 e. The van der Waals surface area contributed by atoms with Crippen molar-refractivity contribution in [2.75, 3.05) is 5.73 Å². The van der Waals surface area contributed by atoms with Crippen molar-refractivity contribution in [1.29, 1.82) is 0 Å². The van der Waals surface area contributed by atoms with E-state index in [-0.39, 0.29) is 5.56 Å². The molecule has 5 nitrogen and oxygen atoms in total. The fourth-order valence-corrected chi connectivity index (χ4v) is 1.74. The fourth-order valence-electron chi connectivity index (χ4n) is 1.74. The molecule has 0 atom stereocenters. The van der Waals surface area contributed by atoms with E-state index in [0.29, 0.717) is 17.6 Å². The van der Waals surface area contributed by atoms with E-state index < -0.39 is 0 Å². The first-order valence-electron chi connectivity index (χ1n) is 5.56. The van der Waals surface area contributed by atoms with Crippen LogP contribution in [-0.4, -0.2) is 14.5 Å². The van der Waals surface area contributed by atoms with Gasteiger partial charge in [-0.1, -0.05) is 6.07 Å². The Bertz CT molecular complexity index is 616. The van der Waals surface area contributed by atoms with Crippen molar-refractivity contribution >= 4 is 5.82 Å². The van der Waals surface area contributed by atoms with Crippen molar-refractivity contribution in [2.24, 2.45) is 0 Å². The summed E-state index contributed by atoms with van der Waals surface area (Å²) in [5.41, 5.74) is 5.63. The minimum atomic E-state index is -0.118. The lowest BCUT2D eigenvalue weighted by molar-refractivity contribution is 0.865. The van der Waals surface area contributed by atoms with Crippen LogP contribution in [0.15, 0.2) is 35.3 Å². The lowest BCUT2D eigenvalue weighted by Gasteiger charge is -2.06. The summed E-state index contributed by atoms with van der Waals surface area (Å²) in [6.45, 7) is 0. The number of hydrogen-bond acceptors (Lipinski definition) is 4. The lowest BCUT2D eigenvalue weighted by Crippen LogP contribution is -2.18. The van der Waals surface area contributed by atoms with Crippen LogP contribution in [-0.2, 0) is 0 Å². The van der Waals surface area contributed by atoms with Gasteiger partial charge in [0, 0.05) is 24.2 Å². The molecular weight excluding hydrogens is 216 g/mol. The quantitative estimate of drug-likeness (QED) is 0.834. The molecule has 2 N–H and O–H groups in total. The zero-order chi connectivity index (χ0) is 11.8. The Labute approximate surface area is 97.9 Å². The second kappa shape index (κ2) is 3.69. The fraction of sp³-hybridized carbons (Fsp3) is 0.250. The van der Waals surface area contributed by atoms with Crippen LogP contribution in [0.3, 0.4) is 0 Å². The maximum Gasteiger partial charge on any atom is 0.256 e. The van der Waals surface area contributed by atoms with Crippen LogP contribution in [0.2, 0.25) is 0 Å². The smallest absolute Gasteiger partial charge is 0.256 e. The molecule has 86 valence electrons. The van der Waals surface area contributed by atoms with E-state index in [1.807, 2.05) is 0 Å². The van der Waals surface area contributed by atoms with Gasteiger partial charge in [-0.3, -0.25) is 9.36 Å². The summed E-state index contributed by atoms with van der Waals surface area (Å²) in [6, 6.07) is 6.60. The predicted molar refractivity (Wildman–Crippen MR) is 64.0 cm³/mol. The minimum Gasteiger partial charge on any atom is -0.384 e. The summed E-state index contributed by atoms with van der Waals surface area (Å²) < 4.78 is 1.48. The minimum absolute atomic E-state index is 0.118. The van der Waals surface area contributed by atoms with Crippen LogP contribution < -0.4 is 11.3 Å². The zero-order valence-electron chi connectivity index (χ0n) is 9.21. The number of nitrogens with two attached hydrogens (primary N) is 1. The average molecular weight is 228 g/mol. The van der Waals surface area contributed by atoms with Crippen LogP contribution in [0.25, 0.3) is 5.82 Å². The van der Waals surface area contributed by atoms with Crippen molar-refractivity contribution < 1.29 is 0 Å². The Morgan fingerprint density at radius 3 is 2.82 bits per heavy atom. The Kier molecular flexibility index (Phi) is 2.18. The van der Waals surface area contributed by atoms with E-state index in [1.165, 1.54) is 10.6 Å². The van der Waals surface area contributed by atoms with Gasteiger partial charge in [0.2, 0.25) is 0 Å². The first kappa shape index (κ1) is 10.0. The van der Waals surface area contributed by atoms with Gasteiger partial charge >= 0.3 is 0 Å². The van der Waals surface area contributed by atoms with Crippen molar-refractivity contribution in [2.45, 2.75) is 18.8 Å². The molecule has 1 fully saturated rings. The Morgan fingerprint density at radius 1 is 1.29 bits per heavy atom. The molecule has 1 aliphatic rings. The molecule has 17 heavy (non-hydrogen) atoms. The van der Waals surface area contributed by atoms with Crippen molar-refractivity contribution in [3.05, 3.63) is 46.6 Å². The summed E-state index contributed by atoms with van der Waals surface area (Å²) in [4.78, 5) is 20.3. The first-order chi connectivity index (χ1) is 8.24. The molecule has 0 bridgehead atoms. The first-order valence-corrected chi connectivity index (χ1v) is 5.56. The molecule has 0 spiro atoms. The molecule has 0 aliphatic heterocycles. The van der Waals surface area contributed by atoms with E-state index in [2.05, 4.69) is 9.97 Å². The number of hydrogen-bond donors (Lipinski definition) is 1. The van der Waals surface area contributed by atoms with Gasteiger partial charge in [0.25, 0.3) is 5.56 Å². The highest BCUT2D eigenvalue weighted by molar-refractivity contribution is 5.38. The molecule has 3 rings (SSSR count). The molecule has 1 aliphatic carbocycles. The highest BCUT2D eigenvalue weighted by Gasteiger charge is 2.27. The zero-order valence-corrected chi connectivity index (χ0v) is 9.21. The van der Waals surface area contributed by atoms with Gasteiger partial charge in [-0.15, -0.1) is 0 Å². The number of nitrogens with zero attached hydrogens (tertiary/aromatic N) is 3. The third kappa shape index (κ3) is 1.91. The highest BCUT2D eigenvalue weighted by atomic mass is 16.1. The number of anilines is 1. The van der Waals surface area contributed by atoms with Crippen molar-refractivity contribution in [3.8, 4) is 5.82 Å². The highest BCUT2D eigenvalue weighted by Crippen LogP contribution is 2.38. The summed E-state index contributed by atoms with van der Waals surface area (Å²) in [7, 11) is 0. The monoisotopic (exact) mass is 228 g/mol.